The number of likely N-dealkylation sites (N-methyl/N-ethyl adjacent to an activating group) is 1. The summed E-state index contributed by atoms with van der Waals surface area (Å²) in [5, 5.41) is 12.3. The summed E-state index contributed by atoms with van der Waals surface area (Å²) in [5.74, 6) is -0.0695. The average Bonchev–Trinajstić information content (AvgIpc) is 3.55. The molecule has 9 heteroatoms. The monoisotopic (exact) mass is 662 g/mol. The number of rotatable bonds is 12. The van der Waals surface area contributed by atoms with Crippen LogP contribution in [-0.4, -0.2) is 76.1 Å². The highest BCUT2D eigenvalue weighted by Gasteiger charge is 2.37. The topological polar surface area (TPSA) is 98.8 Å². The van der Waals surface area contributed by atoms with Gasteiger partial charge in [0, 0.05) is 54.3 Å². The number of piperidine rings is 1. The second-order valence-corrected chi connectivity index (χ2v) is 13.0. The van der Waals surface area contributed by atoms with Gasteiger partial charge in [0.1, 0.15) is 18.2 Å². The molecule has 2 amide bonds. The number of H-pyrrole nitrogens is 1. The van der Waals surface area contributed by atoms with Crippen LogP contribution in [0.3, 0.4) is 0 Å². The highest BCUT2D eigenvalue weighted by atomic mass is 19.1. The number of likely N-dealkylation sites (tertiary alicyclic amines) is 1. The Kier molecular flexibility index (Phi) is 10.4. The summed E-state index contributed by atoms with van der Waals surface area (Å²) < 4.78 is 19.7. The third kappa shape index (κ3) is 7.84. The number of halogens is 1. The Morgan fingerprint density at radius 1 is 0.959 bits per heavy atom. The Bertz CT molecular complexity index is 1860. The molecule has 1 aliphatic heterocycles. The largest absolute Gasteiger partial charge is 0.507 e. The first-order valence-corrected chi connectivity index (χ1v) is 17.0. The standard InChI is InChI=1S/C40H43FN4O4/c1-3-44(4-2)38(47)26-49-27-40(24-29-10-14-32(41)15-11-29)17-20-45(21-18-40)37(46)22-28-8-12-30(13-9-28)33-6-5-7-34(39(33)48)35-23-31-16-19-42-25-36(31)43-35/h5-16,19,23,25,43,48H,3-4,17-18,20-22,24,26-27H2,1-2H3. The van der Waals surface area contributed by atoms with Crippen molar-refractivity contribution in [3.8, 4) is 28.1 Å². The lowest BCUT2D eigenvalue weighted by Gasteiger charge is -2.42. The van der Waals surface area contributed by atoms with E-state index in [0.29, 0.717) is 50.3 Å². The number of aromatic amines is 1. The predicted octanol–water partition coefficient (Wildman–Crippen LogP) is 7.02. The maximum Gasteiger partial charge on any atom is 0.248 e. The molecule has 0 saturated carbocycles. The van der Waals surface area contributed by atoms with E-state index in [0.717, 1.165) is 46.1 Å². The van der Waals surface area contributed by atoms with Crippen LogP contribution >= 0.6 is 0 Å². The maximum absolute atomic E-state index is 13.6. The second-order valence-electron chi connectivity index (χ2n) is 13.0. The molecule has 3 heterocycles. The van der Waals surface area contributed by atoms with Gasteiger partial charge >= 0.3 is 0 Å². The van der Waals surface area contributed by atoms with E-state index in [4.69, 9.17) is 4.74 Å². The first-order valence-electron chi connectivity index (χ1n) is 17.0. The van der Waals surface area contributed by atoms with Gasteiger partial charge in [-0.05, 0) is 80.1 Å². The zero-order valence-corrected chi connectivity index (χ0v) is 28.1. The average molecular weight is 663 g/mol. The number of nitrogens with zero attached hydrogens (tertiary/aromatic N) is 3. The lowest BCUT2D eigenvalue weighted by Crippen LogP contribution is -2.47. The molecular formula is C40H43FN4O4. The van der Waals surface area contributed by atoms with Crippen molar-refractivity contribution < 1.29 is 23.8 Å². The van der Waals surface area contributed by atoms with Crippen molar-refractivity contribution in [1.82, 2.24) is 19.8 Å². The number of aromatic nitrogens is 2. The Labute approximate surface area is 286 Å². The first kappa shape index (κ1) is 33.9. The molecule has 254 valence electrons. The van der Waals surface area contributed by atoms with Gasteiger partial charge in [0.2, 0.25) is 11.8 Å². The summed E-state index contributed by atoms with van der Waals surface area (Å²) in [6.07, 6.45) is 5.90. The molecule has 2 N–H and O–H groups in total. The van der Waals surface area contributed by atoms with Crippen LogP contribution in [0.5, 0.6) is 5.75 Å². The quantitative estimate of drug-likeness (QED) is 0.150. The SMILES string of the molecule is CCN(CC)C(=O)COCC1(Cc2ccc(F)cc2)CCN(C(=O)Cc2ccc(-c3cccc(-c4cc5ccncc5[nH]4)c3O)cc2)CC1. The second kappa shape index (κ2) is 15.0. The zero-order chi connectivity index (χ0) is 34.4. The molecule has 3 aromatic carbocycles. The van der Waals surface area contributed by atoms with Crippen LogP contribution < -0.4 is 0 Å². The van der Waals surface area contributed by atoms with Crippen LogP contribution in [0.15, 0.2) is 91.3 Å². The molecule has 0 spiro atoms. The smallest absolute Gasteiger partial charge is 0.248 e. The Morgan fingerprint density at radius 2 is 1.65 bits per heavy atom. The number of hydrogen-bond acceptors (Lipinski definition) is 5. The summed E-state index contributed by atoms with van der Waals surface area (Å²) in [6, 6.07) is 23.9. The fourth-order valence-corrected chi connectivity index (χ4v) is 6.86. The minimum absolute atomic E-state index is 0.0221. The van der Waals surface area contributed by atoms with Crippen molar-refractivity contribution in [2.45, 2.75) is 39.5 Å². The Hall–Kier alpha value is -5.02. The van der Waals surface area contributed by atoms with Gasteiger partial charge in [0.25, 0.3) is 0 Å². The molecule has 0 unspecified atom stereocenters. The fourth-order valence-electron chi connectivity index (χ4n) is 6.86. The van der Waals surface area contributed by atoms with Crippen molar-refractivity contribution >= 4 is 22.7 Å². The van der Waals surface area contributed by atoms with E-state index in [-0.39, 0.29) is 41.8 Å². The van der Waals surface area contributed by atoms with Gasteiger partial charge in [-0.2, -0.15) is 0 Å². The maximum atomic E-state index is 13.6. The molecule has 5 aromatic rings. The van der Waals surface area contributed by atoms with Gasteiger partial charge < -0.3 is 24.6 Å². The number of pyridine rings is 1. The Morgan fingerprint density at radius 3 is 2.35 bits per heavy atom. The van der Waals surface area contributed by atoms with Gasteiger partial charge in [-0.3, -0.25) is 14.6 Å². The molecule has 0 radical (unpaired) electrons. The van der Waals surface area contributed by atoms with Crippen LogP contribution in [0, 0.1) is 11.2 Å². The van der Waals surface area contributed by atoms with Crippen LogP contribution in [0.4, 0.5) is 4.39 Å². The number of carbonyl (C=O) groups excluding carboxylic acids is 2. The molecule has 0 aliphatic carbocycles. The molecule has 1 fully saturated rings. The molecule has 0 bridgehead atoms. The number of phenolic OH excluding ortho intramolecular Hbond substituents is 1. The number of para-hydroxylation sites is 1. The van der Waals surface area contributed by atoms with Gasteiger partial charge in [-0.15, -0.1) is 0 Å². The van der Waals surface area contributed by atoms with Crippen molar-refractivity contribution in [2.75, 3.05) is 39.4 Å². The van der Waals surface area contributed by atoms with E-state index in [1.807, 2.05) is 73.3 Å². The highest BCUT2D eigenvalue weighted by molar-refractivity contribution is 5.89. The van der Waals surface area contributed by atoms with Crippen molar-refractivity contribution in [3.05, 3.63) is 108 Å². The molecule has 1 saturated heterocycles. The first-order chi connectivity index (χ1) is 23.8. The predicted molar refractivity (Wildman–Crippen MR) is 189 cm³/mol. The van der Waals surface area contributed by atoms with E-state index in [1.165, 1.54) is 12.1 Å². The number of carbonyl (C=O) groups is 2. The lowest BCUT2D eigenvalue weighted by molar-refractivity contribution is -0.138. The van der Waals surface area contributed by atoms with Crippen LogP contribution in [0.25, 0.3) is 33.3 Å². The minimum Gasteiger partial charge on any atom is -0.507 e. The summed E-state index contributed by atoms with van der Waals surface area (Å²) >= 11 is 0. The molecule has 8 nitrogen and oxygen atoms in total. The van der Waals surface area contributed by atoms with Gasteiger partial charge in [-0.25, -0.2) is 4.39 Å². The minimum atomic E-state index is -0.277. The molecule has 49 heavy (non-hydrogen) atoms. The number of amides is 2. The summed E-state index contributed by atoms with van der Waals surface area (Å²) in [5.41, 5.74) is 5.63. The zero-order valence-electron chi connectivity index (χ0n) is 28.1. The number of benzene rings is 3. The van der Waals surface area contributed by atoms with Crippen LogP contribution in [0.1, 0.15) is 37.8 Å². The lowest BCUT2D eigenvalue weighted by atomic mass is 9.74. The van der Waals surface area contributed by atoms with Gasteiger partial charge in [0.05, 0.1) is 30.4 Å². The number of hydrogen-bond donors (Lipinski definition) is 2. The van der Waals surface area contributed by atoms with Crippen molar-refractivity contribution in [1.29, 1.82) is 0 Å². The van der Waals surface area contributed by atoms with E-state index < -0.39 is 0 Å². The third-order valence-electron chi connectivity index (χ3n) is 9.79. The van der Waals surface area contributed by atoms with E-state index in [1.54, 1.807) is 29.4 Å². The molecule has 0 atom stereocenters. The number of nitrogens with one attached hydrogen (secondary N) is 1. The van der Waals surface area contributed by atoms with Crippen molar-refractivity contribution in [3.63, 3.8) is 0 Å². The summed E-state index contributed by atoms with van der Waals surface area (Å²) in [4.78, 5) is 37.2. The van der Waals surface area contributed by atoms with E-state index in [2.05, 4.69) is 9.97 Å². The van der Waals surface area contributed by atoms with Gasteiger partial charge in [0.15, 0.2) is 0 Å². The Balaban J connectivity index is 1.09. The van der Waals surface area contributed by atoms with Crippen LogP contribution in [0.2, 0.25) is 0 Å². The van der Waals surface area contributed by atoms with E-state index in [9.17, 15) is 19.1 Å². The highest BCUT2D eigenvalue weighted by Crippen LogP contribution is 2.39. The third-order valence-corrected chi connectivity index (χ3v) is 9.79. The number of phenols is 1. The van der Waals surface area contributed by atoms with E-state index >= 15 is 0 Å². The number of ether oxygens (including phenoxy) is 1. The fraction of sp³-hybridized carbons (Fsp3) is 0.325. The summed E-state index contributed by atoms with van der Waals surface area (Å²) in [7, 11) is 0. The molecule has 2 aromatic heterocycles. The van der Waals surface area contributed by atoms with Crippen LogP contribution in [-0.2, 0) is 27.2 Å². The van der Waals surface area contributed by atoms with Gasteiger partial charge in [-0.1, -0.05) is 48.5 Å². The normalized spacial score (nSPS) is 14.2. The molecule has 1 aliphatic rings. The summed E-state index contributed by atoms with van der Waals surface area (Å²) in [6.45, 7) is 6.75. The number of fused-ring (bicyclic) bond motifs is 1. The molecular weight excluding hydrogens is 619 g/mol. The molecule has 6 rings (SSSR count). The number of aromatic hydroxyl groups is 1. The van der Waals surface area contributed by atoms with Crippen molar-refractivity contribution in [2.24, 2.45) is 5.41 Å².